The van der Waals surface area contributed by atoms with Crippen LogP contribution in [0.3, 0.4) is 0 Å². The molecule has 0 amide bonds. The Morgan fingerprint density at radius 1 is 1.05 bits per heavy atom. The number of nitrogens with zero attached hydrogens (tertiary/aromatic N) is 2. The number of hydrogen-bond donors (Lipinski definition) is 1. The topological polar surface area (TPSA) is 62.3 Å². The molecule has 6 heteroatoms. The van der Waals surface area contributed by atoms with E-state index < -0.39 is 0 Å². The van der Waals surface area contributed by atoms with Crippen molar-refractivity contribution in [1.29, 1.82) is 0 Å². The van der Waals surface area contributed by atoms with Gasteiger partial charge < -0.3 is 15.2 Å². The SMILES string of the molecule is COc1ccc(-n2c(N)nc3ccc(Cl)cc32)cc1OC. The number of aromatic nitrogens is 2. The maximum atomic E-state index is 6.07. The van der Waals surface area contributed by atoms with Gasteiger partial charge in [-0.1, -0.05) is 11.6 Å². The zero-order valence-electron chi connectivity index (χ0n) is 11.6. The molecular formula is C15H14ClN3O2. The van der Waals surface area contributed by atoms with E-state index in [9.17, 15) is 0 Å². The fourth-order valence-corrected chi connectivity index (χ4v) is 2.47. The Hall–Kier alpha value is -2.40. The predicted octanol–water partition coefficient (Wildman–Crippen LogP) is 3.28. The summed E-state index contributed by atoms with van der Waals surface area (Å²) in [5.41, 5.74) is 8.49. The highest BCUT2D eigenvalue weighted by Gasteiger charge is 2.13. The average Bonchev–Trinajstić information content (AvgIpc) is 2.81. The Morgan fingerprint density at radius 3 is 2.52 bits per heavy atom. The Bertz CT molecular complexity index is 814. The van der Waals surface area contributed by atoms with Gasteiger partial charge in [-0.25, -0.2) is 4.98 Å². The highest BCUT2D eigenvalue weighted by atomic mass is 35.5. The summed E-state index contributed by atoms with van der Waals surface area (Å²) in [6.45, 7) is 0. The van der Waals surface area contributed by atoms with E-state index in [1.807, 2.05) is 34.9 Å². The number of fused-ring (bicyclic) bond motifs is 1. The lowest BCUT2D eigenvalue weighted by atomic mass is 10.2. The van der Waals surface area contributed by atoms with Gasteiger partial charge in [0.1, 0.15) is 0 Å². The molecule has 21 heavy (non-hydrogen) atoms. The van der Waals surface area contributed by atoms with Gasteiger partial charge in [0.25, 0.3) is 0 Å². The lowest BCUT2D eigenvalue weighted by Crippen LogP contribution is -2.01. The van der Waals surface area contributed by atoms with Crippen molar-refractivity contribution < 1.29 is 9.47 Å². The van der Waals surface area contributed by atoms with Gasteiger partial charge in [0, 0.05) is 11.1 Å². The molecule has 0 atom stereocenters. The molecule has 0 bridgehead atoms. The molecule has 5 nitrogen and oxygen atoms in total. The average molecular weight is 304 g/mol. The first-order valence-corrected chi connectivity index (χ1v) is 6.67. The van der Waals surface area contributed by atoms with E-state index in [0.717, 1.165) is 16.7 Å². The first-order valence-electron chi connectivity index (χ1n) is 6.30. The number of ether oxygens (including phenoxy) is 2. The number of nitrogens with two attached hydrogens (primary N) is 1. The van der Waals surface area contributed by atoms with E-state index in [4.69, 9.17) is 26.8 Å². The molecule has 3 aromatic rings. The Labute approximate surface area is 126 Å². The summed E-state index contributed by atoms with van der Waals surface area (Å²) >= 11 is 6.07. The fourth-order valence-electron chi connectivity index (χ4n) is 2.30. The predicted molar refractivity (Wildman–Crippen MR) is 83.6 cm³/mol. The summed E-state index contributed by atoms with van der Waals surface area (Å²) in [6.07, 6.45) is 0. The molecule has 108 valence electrons. The Kier molecular flexibility index (Phi) is 3.35. The van der Waals surface area contributed by atoms with Gasteiger partial charge in [-0.2, -0.15) is 0 Å². The third-order valence-corrected chi connectivity index (χ3v) is 3.50. The van der Waals surface area contributed by atoms with E-state index >= 15 is 0 Å². The van der Waals surface area contributed by atoms with Crippen LogP contribution in [0.15, 0.2) is 36.4 Å². The quantitative estimate of drug-likeness (QED) is 0.806. The van der Waals surface area contributed by atoms with E-state index in [-0.39, 0.29) is 0 Å². The van der Waals surface area contributed by atoms with Crippen LogP contribution in [0.1, 0.15) is 0 Å². The summed E-state index contributed by atoms with van der Waals surface area (Å²) in [5.74, 6) is 1.67. The van der Waals surface area contributed by atoms with Gasteiger partial charge in [0.2, 0.25) is 5.95 Å². The van der Waals surface area contributed by atoms with Gasteiger partial charge in [-0.3, -0.25) is 4.57 Å². The van der Waals surface area contributed by atoms with Crippen LogP contribution < -0.4 is 15.2 Å². The van der Waals surface area contributed by atoms with Crippen LogP contribution in [-0.4, -0.2) is 23.8 Å². The molecule has 3 rings (SSSR count). The van der Waals surface area contributed by atoms with Gasteiger partial charge in [-0.15, -0.1) is 0 Å². The molecule has 0 aliphatic rings. The van der Waals surface area contributed by atoms with E-state index in [0.29, 0.717) is 22.5 Å². The minimum absolute atomic E-state index is 0.388. The van der Waals surface area contributed by atoms with Crippen molar-refractivity contribution in [1.82, 2.24) is 9.55 Å². The maximum Gasteiger partial charge on any atom is 0.205 e. The van der Waals surface area contributed by atoms with Crippen molar-refractivity contribution in [3.8, 4) is 17.2 Å². The summed E-state index contributed by atoms with van der Waals surface area (Å²) in [7, 11) is 3.19. The van der Waals surface area contributed by atoms with Crippen molar-refractivity contribution in [3.05, 3.63) is 41.4 Å². The van der Waals surface area contributed by atoms with Gasteiger partial charge in [0.15, 0.2) is 11.5 Å². The summed E-state index contributed by atoms with van der Waals surface area (Å²) in [6, 6.07) is 11.0. The summed E-state index contributed by atoms with van der Waals surface area (Å²) in [4.78, 5) is 4.34. The smallest absolute Gasteiger partial charge is 0.205 e. The Balaban J connectivity index is 2.24. The first-order chi connectivity index (χ1) is 10.1. The molecular weight excluding hydrogens is 290 g/mol. The number of halogens is 1. The molecule has 0 unspecified atom stereocenters. The van der Waals surface area contributed by atoms with Crippen LogP contribution in [0.5, 0.6) is 11.5 Å². The molecule has 0 fully saturated rings. The maximum absolute atomic E-state index is 6.07. The Morgan fingerprint density at radius 2 is 1.81 bits per heavy atom. The second-order valence-electron chi connectivity index (χ2n) is 4.48. The van der Waals surface area contributed by atoms with Crippen LogP contribution in [0.25, 0.3) is 16.7 Å². The normalized spacial score (nSPS) is 10.8. The molecule has 2 N–H and O–H groups in total. The van der Waals surface area contributed by atoms with Gasteiger partial charge in [0.05, 0.1) is 30.9 Å². The zero-order valence-corrected chi connectivity index (χ0v) is 12.4. The fraction of sp³-hybridized carbons (Fsp3) is 0.133. The lowest BCUT2D eigenvalue weighted by molar-refractivity contribution is 0.355. The molecule has 1 heterocycles. The molecule has 2 aromatic carbocycles. The third-order valence-electron chi connectivity index (χ3n) is 3.27. The molecule has 1 aromatic heterocycles. The van der Waals surface area contributed by atoms with Gasteiger partial charge >= 0.3 is 0 Å². The van der Waals surface area contributed by atoms with E-state index in [1.165, 1.54) is 0 Å². The van der Waals surface area contributed by atoms with Crippen molar-refractivity contribution in [3.63, 3.8) is 0 Å². The molecule has 0 saturated heterocycles. The van der Waals surface area contributed by atoms with Crippen molar-refractivity contribution >= 4 is 28.6 Å². The third kappa shape index (κ3) is 2.25. The molecule has 0 aliphatic carbocycles. The standard InChI is InChI=1S/C15H14ClN3O2/c1-20-13-6-4-10(8-14(13)21-2)19-12-7-9(16)3-5-11(12)18-15(19)17/h3-8H,1-2H3,(H2,17,18). The number of nitrogen functional groups attached to an aromatic ring is 1. The molecule has 0 saturated carbocycles. The van der Waals surface area contributed by atoms with Crippen molar-refractivity contribution in [2.24, 2.45) is 0 Å². The second kappa shape index (κ2) is 5.18. The molecule has 0 aliphatic heterocycles. The number of anilines is 1. The largest absolute Gasteiger partial charge is 0.493 e. The van der Waals surface area contributed by atoms with Crippen LogP contribution in [0.2, 0.25) is 5.02 Å². The molecule has 0 radical (unpaired) electrons. The highest BCUT2D eigenvalue weighted by molar-refractivity contribution is 6.31. The number of rotatable bonds is 3. The van der Waals surface area contributed by atoms with E-state index in [1.54, 1.807) is 20.3 Å². The summed E-state index contributed by atoms with van der Waals surface area (Å²) < 4.78 is 12.4. The minimum atomic E-state index is 0.388. The lowest BCUT2D eigenvalue weighted by Gasteiger charge is -2.11. The number of hydrogen-bond acceptors (Lipinski definition) is 4. The van der Waals surface area contributed by atoms with Crippen LogP contribution in [-0.2, 0) is 0 Å². The van der Waals surface area contributed by atoms with Crippen molar-refractivity contribution in [2.75, 3.05) is 20.0 Å². The van der Waals surface area contributed by atoms with Crippen LogP contribution in [0, 0.1) is 0 Å². The van der Waals surface area contributed by atoms with Crippen LogP contribution in [0.4, 0.5) is 5.95 Å². The summed E-state index contributed by atoms with van der Waals surface area (Å²) in [5, 5.41) is 0.629. The number of benzene rings is 2. The first kappa shape index (κ1) is 13.6. The van der Waals surface area contributed by atoms with Gasteiger partial charge in [-0.05, 0) is 30.3 Å². The monoisotopic (exact) mass is 303 g/mol. The highest BCUT2D eigenvalue weighted by Crippen LogP contribution is 2.32. The van der Waals surface area contributed by atoms with Crippen LogP contribution >= 0.6 is 11.6 Å². The number of methoxy groups -OCH3 is 2. The number of imidazole rings is 1. The zero-order chi connectivity index (χ0) is 15.0. The minimum Gasteiger partial charge on any atom is -0.493 e. The molecule has 0 spiro atoms. The van der Waals surface area contributed by atoms with Crippen molar-refractivity contribution in [2.45, 2.75) is 0 Å². The van der Waals surface area contributed by atoms with E-state index in [2.05, 4.69) is 4.98 Å². The second-order valence-corrected chi connectivity index (χ2v) is 4.91.